The van der Waals surface area contributed by atoms with E-state index in [4.69, 9.17) is 10.3 Å². The predicted molar refractivity (Wildman–Crippen MR) is 108 cm³/mol. The highest BCUT2D eigenvalue weighted by Gasteiger charge is 2.41. The van der Waals surface area contributed by atoms with Crippen molar-refractivity contribution in [3.8, 4) is 11.4 Å². The lowest BCUT2D eigenvalue weighted by molar-refractivity contribution is -0.123. The summed E-state index contributed by atoms with van der Waals surface area (Å²) in [6.45, 7) is 0. The highest BCUT2D eigenvalue weighted by atomic mass is 16.5. The Morgan fingerprint density at radius 2 is 1.90 bits per heavy atom. The number of hydrogen-bond acceptors (Lipinski definition) is 5. The van der Waals surface area contributed by atoms with E-state index in [1.54, 1.807) is 0 Å². The summed E-state index contributed by atoms with van der Waals surface area (Å²) in [5.74, 6) is 0.811. The summed E-state index contributed by atoms with van der Waals surface area (Å²) >= 11 is 0. The van der Waals surface area contributed by atoms with Crippen molar-refractivity contribution in [2.24, 2.45) is 17.6 Å². The summed E-state index contributed by atoms with van der Waals surface area (Å²) in [6, 6.07) is 9.37. The molecule has 7 nitrogen and oxygen atoms in total. The second kappa shape index (κ2) is 8.76. The van der Waals surface area contributed by atoms with Gasteiger partial charge in [0.15, 0.2) is 0 Å². The monoisotopic (exact) mass is 396 g/mol. The van der Waals surface area contributed by atoms with Crippen LogP contribution in [0, 0.1) is 11.8 Å². The Bertz CT molecular complexity index is 845. The lowest BCUT2D eigenvalue weighted by Gasteiger charge is -2.18. The van der Waals surface area contributed by atoms with Crippen LogP contribution in [0.4, 0.5) is 0 Å². The van der Waals surface area contributed by atoms with Crippen molar-refractivity contribution >= 4 is 11.8 Å². The number of hydrogen-bond donors (Lipinski definition) is 2. The summed E-state index contributed by atoms with van der Waals surface area (Å²) < 4.78 is 5.52. The van der Waals surface area contributed by atoms with Crippen molar-refractivity contribution in [3.05, 3.63) is 36.2 Å². The van der Waals surface area contributed by atoms with Gasteiger partial charge in [0.05, 0.1) is 5.92 Å². The largest absolute Gasteiger partial charge is 0.369 e. The summed E-state index contributed by atoms with van der Waals surface area (Å²) in [6.07, 6.45) is 7.49. The van der Waals surface area contributed by atoms with Gasteiger partial charge in [-0.3, -0.25) is 9.59 Å². The Morgan fingerprint density at radius 3 is 2.62 bits per heavy atom. The Balaban J connectivity index is 1.44. The zero-order valence-corrected chi connectivity index (χ0v) is 16.5. The van der Waals surface area contributed by atoms with Gasteiger partial charge in [0.1, 0.15) is 0 Å². The zero-order chi connectivity index (χ0) is 20.2. The van der Waals surface area contributed by atoms with E-state index in [2.05, 4.69) is 15.5 Å². The maximum atomic E-state index is 12.5. The second-order valence-corrected chi connectivity index (χ2v) is 8.36. The Labute approximate surface area is 170 Å². The number of rotatable bonds is 7. The van der Waals surface area contributed by atoms with Crippen molar-refractivity contribution in [2.75, 3.05) is 0 Å². The van der Waals surface area contributed by atoms with Gasteiger partial charge in [-0.25, -0.2) is 0 Å². The van der Waals surface area contributed by atoms with Crippen molar-refractivity contribution in [2.45, 2.75) is 63.3 Å². The van der Waals surface area contributed by atoms with Gasteiger partial charge in [0.2, 0.25) is 23.5 Å². The quantitative estimate of drug-likeness (QED) is 0.747. The van der Waals surface area contributed by atoms with Gasteiger partial charge in [0.25, 0.3) is 0 Å². The first-order valence-electron chi connectivity index (χ1n) is 10.6. The normalized spacial score (nSPS) is 24.6. The number of carbonyl (C=O) groups excluding carboxylic acids is 2. The smallest absolute Gasteiger partial charge is 0.232 e. The third-order valence-corrected chi connectivity index (χ3v) is 6.36. The number of carbonyl (C=O) groups is 2. The van der Waals surface area contributed by atoms with Crippen LogP contribution in [0.5, 0.6) is 0 Å². The summed E-state index contributed by atoms with van der Waals surface area (Å²) in [4.78, 5) is 28.9. The number of amides is 2. The van der Waals surface area contributed by atoms with Gasteiger partial charge < -0.3 is 15.6 Å². The average molecular weight is 396 g/mol. The average Bonchev–Trinajstić information content (AvgIpc) is 3.47. The minimum absolute atomic E-state index is 0.0276. The lowest BCUT2D eigenvalue weighted by atomic mass is 10.0. The molecule has 3 atom stereocenters. The number of primary amides is 1. The molecule has 29 heavy (non-hydrogen) atoms. The topological polar surface area (TPSA) is 111 Å². The number of nitrogens with two attached hydrogens (primary N) is 1. The van der Waals surface area contributed by atoms with Crippen LogP contribution in [0.15, 0.2) is 34.9 Å². The van der Waals surface area contributed by atoms with Crippen LogP contribution in [-0.2, 0) is 9.59 Å². The van der Waals surface area contributed by atoms with Crippen LogP contribution < -0.4 is 11.1 Å². The van der Waals surface area contributed by atoms with Crippen LogP contribution in [0.2, 0.25) is 0 Å². The summed E-state index contributed by atoms with van der Waals surface area (Å²) in [7, 11) is 0. The maximum absolute atomic E-state index is 12.5. The molecule has 2 aliphatic carbocycles. The molecule has 0 unspecified atom stereocenters. The molecule has 3 N–H and O–H groups in total. The molecular weight excluding hydrogens is 368 g/mol. The van der Waals surface area contributed by atoms with E-state index in [1.165, 1.54) is 25.7 Å². The molecule has 0 bridgehead atoms. The molecule has 0 radical (unpaired) electrons. The second-order valence-electron chi connectivity index (χ2n) is 8.36. The van der Waals surface area contributed by atoms with Crippen LogP contribution in [0.25, 0.3) is 11.4 Å². The molecule has 4 rings (SSSR count). The number of nitrogens with zero attached hydrogens (tertiary/aromatic N) is 2. The molecule has 0 aliphatic heterocycles. The molecular formula is C22H28N4O3. The standard InChI is InChI=1S/C22H28N4O3/c23-20(28)16-12-17(22-25-21(26-29-22)15-8-2-1-3-9-15)18(13-16)24-19(27)11-10-14-6-4-5-7-14/h1-3,8-9,14,16-18H,4-7,10-13H2,(H2,23,28)(H,24,27)/t16-,17-,18+/m1/s1. The molecule has 7 heteroatoms. The van der Waals surface area contributed by atoms with Gasteiger partial charge in [-0.15, -0.1) is 0 Å². The Hall–Kier alpha value is -2.70. The van der Waals surface area contributed by atoms with E-state index < -0.39 is 0 Å². The molecule has 0 spiro atoms. The van der Waals surface area contributed by atoms with Gasteiger partial charge >= 0.3 is 0 Å². The fourth-order valence-corrected chi connectivity index (χ4v) is 4.71. The molecule has 2 aromatic rings. The maximum Gasteiger partial charge on any atom is 0.232 e. The highest BCUT2D eigenvalue weighted by molar-refractivity contribution is 5.79. The first-order chi connectivity index (χ1) is 14.1. The first-order valence-corrected chi connectivity index (χ1v) is 10.6. The van der Waals surface area contributed by atoms with Crippen molar-refractivity contribution in [3.63, 3.8) is 0 Å². The molecule has 0 saturated heterocycles. The van der Waals surface area contributed by atoms with E-state index in [0.717, 1.165) is 12.0 Å². The Morgan fingerprint density at radius 1 is 1.14 bits per heavy atom. The van der Waals surface area contributed by atoms with Crippen LogP contribution >= 0.6 is 0 Å². The first kappa shape index (κ1) is 19.6. The van der Waals surface area contributed by atoms with E-state index in [9.17, 15) is 9.59 Å². The molecule has 154 valence electrons. The van der Waals surface area contributed by atoms with E-state index >= 15 is 0 Å². The fraction of sp³-hybridized carbons (Fsp3) is 0.545. The molecule has 2 aliphatic rings. The zero-order valence-electron chi connectivity index (χ0n) is 16.5. The molecule has 1 aromatic heterocycles. The van der Waals surface area contributed by atoms with Crippen molar-refractivity contribution in [1.82, 2.24) is 15.5 Å². The molecule has 1 heterocycles. The van der Waals surface area contributed by atoms with E-state index in [-0.39, 0.29) is 29.7 Å². The third kappa shape index (κ3) is 4.66. The van der Waals surface area contributed by atoms with Crippen molar-refractivity contribution < 1.29 is 14.1 Å². The lowest BCUT2D eigenvalue weighted by Crippen LogP contribution is -2.37. The van der Waals surface area contributed by atoms with E-state index in [1.807, 2.05) is 30.3 Å². The van der Waals surface area contributed by atoms with Crippen LogP contribution in [-0.4, -0.2) is 28.0 Å². The summed E-state index contributed by atoms with van der Waals surface area (Å²) in [5.41, 5.74) is 6.42. The van der Waals surface area contributed by atoms with Gasteiger partial charge in [0, 0.05) is 23.9 Å². The van der Waals surface area contributed by atoms with E-state index in [0.29, 0.717) is 36.9 Å². The van der Waals surface area contributed by atoms with Gasteiger partial charge in [-0.2, -0.15) is 4.98 Å². The molecule has 2 saturated carbocycles. The van der Waals surface area contributed by atoms with Crippen molar-refractivity contribution in [1.29, 1.82) is 0 Å². The summed E-state index contributed by atoms with van der Waals surface area (Å²) in [5, 5.41) is 7.20. The fourth-order valence-electron chi connectivity index (χ4n) is 4.71. The van der Waals surface area contributed by atoms with Crippen LogP contribution in [0.1, 0.15) is 63.2 Å². The van der Waals surface area contributed by atoms with Crippen LogP contribution in [0.3, 0.4) is 0 Å². The van der Waals surface area contributed by atoms with Gasteiger partial charge in [-0.05, 0) is 25.2 Å². The number of nitrogens with one attached hydrogen (secondary N) is 1. The predicted octanol–water partition coefficient (Wildman–Crippen LogP) is 3.17. The number of benzene rings is 1. The highest BCUT2D eigenvalue weighted by Crippen LogP contribution is 2.38. The number of aromatic nitrogens is 2. The minimum Gasteiger partial charge on any atom is -0.369 e. The molecule has 2 amide bonds. The molecule has 2 fully saturated rings. The van der Waals surface area contributed by atoms with Gasteiger partial charge in [-0.1, -0.05) is 61.2 Å². The minimum atomic E-state index is -0.347. The third-order valence-electron chi connectivity index (χ3n) is 6.36. The SMILES string of the molecule is NC(=O)[C@H]1C[C@H](NC(=O)CCC2CCCC2)[C@H](c2nc(-c3ccccc3)no2)C1. The molecule has 1 aromatic carbocycles. The Kier molecular flexibility index (Phi) is 5.92.